The molecule has 1 aromatic heterocycles. The summed E-state index contributed by atoms with van der Waals surface area (Å²) >= 11 is 0. The lowest BCUT2D eigenvalue weighted by molar-refractivity contribution is 0.308. The SMILES string of the molecule is Cc1cc(CC(CNC(C)C)C2CCCC2)n(C)n1. The van der Waals surface area contributed by atoms with Crippen LogP contribution in [0.25, 0.3) is 0 Å². The standard InChI is InChI=1S/C16H29N3/c1-12(2)17-11-15(14-7-5-6-8-14)10-16-9-13(3)18-19(16)4/h9,12,14-15,17H,5-8,10-11H2,1-4H3. The molecule has 1 atom stereocenters. The molecule has 1 heterocycles. The highest BCUT2D eigenvalue weighted by Gasteiger charge is 2.26. The Labute approximate surface area is 117 Å². The molecule has 0 aromatic carbocycles. The van der Waals surface area contributed by atoms with Crippen molar-refractivity contribution in [1.82, 2.24) is 15.1 Å². The monoisotopic (exact) mass is 263 g/mol. The van der Waals surface area contributed by atoms with Crippen LogP contribution in [0.2, 0.25) is 0 Å². The smallest absolute Gasteiger partial charge is 0.0596 e. The van der Waals surface area contributed by atoms with Gasteiger partial charge in [0.1, 0.15) is 0 Å². The summed E-state index contributed by atoms with van der Waals surface area (Å²) in [6.07, 6.45) is 6.85. The lowest BCUT2D eigenvalue weighted by atomic mass is 9.86. The highest BCUT2D eigenvalue weighted by atomic mass is 15.3. The minimum atomic E-state index is 0.581. The van der Waals surface area contributed by atoms with Gasteiger partial charge in [0, 0.05) is 18.8 Å². The fourth-order valence-corrected chi connectivity index (χ4v) is 3.35. The summed E-state index contributed by atoms with van der Waals surface area (Å²) in [6, 6.07) is 2.83. The Bertz CT molecular complexity index is 389. The Morgan fingerprint density at radius 3 is 2.58 bits per heavy atom. The maximum Gasteiger partial charge on any atom is 0.0596 e. The highest BCUT2D eigenvalue weighted by molar-refractivity contribution is 5.09. The van der Waals surface area contributed by atoms with Gasteiger partial charge in [-0.3, -0.25) is 4.68 Å². The van der Waals surface area contributed by atoms with Crippen molar-refractivity contribution in [2.45, 2.75) is 58.9 Å². The van der Waals surface area contributed by atoms with E-state index in [0.29, 0.717) is 6.04 Å². The Balaban J connectivity index is 2.01. The Kier molecular flexibility index (Phi) is 5.03. The summed E-state index contributed by atoms with van der Waals surface area (Å²) in [7, 11) is 2.07. The van der Waals surface area contributed by atoms with Crippen LogP contribution in [0.5, 0.6) is 0 Å². The molecule has 1 aromatic rings. The topological polar surface area (TPSA) is 29.9 Å². The second kappa shape index (κ2) is 6.56. The van der Waals surface area contributed by atoms with E-state index in [9.17, 15) is 0 Å². The van der Waals surface area contributed by atoms with Crippen LogP contribution in [0.4, 0.5) is 0 Å². The first-order valence-electron chi connectivity index (χ1n) is 7.79. The highest BCUT2D eigenvalue weighted by Crippen LogP contribution is 2.33. The van der Waals surface area contributed by atoms with Crippen LogP contribution in [0.3, 0.4) is 0 Å². The van der Waals surface area contributed by atoms with Crippen LogP contribution in [0, 0.1) is 18.8 Å². The maximum absolute atomic E-state index is 4.48. The Morgan fingerprint density at radius 2 is 2.05 bits per heavy atom. The van der Waals surface area contributed by atoms with Crippen LogP contribution in [-0.4, -0.2) is 22.4 Å². The van der Waals surface area contributed by atoms with Crippen LogP contribution < -0.4 is 5.32 Å². The molecule has 1 aliphatic carbocycles. The molecule has 2 rings (SSSR count). The zero-order valence-corrected chi connectivity index (χ0v) is 12.9. The second-order valence-corrected chi connectivity index (χ2v) is 6.47. The van der Waals surface area contributed by atoms with Gasteiger partial charge in [0.15, 0.2) is 0 Å². The van der Waals surface area contributed by atoms with Crippen LogP contribution in [-0.2, 0) is 13.5 Å². The number of hydrogen-bond donors (Lipinski definition) is 1. The first-order valence-corrected chi connectivity index (χ1v) is 7.79. The molecular weight excluding hydrogens is 234 g/mol. The number of aromatic nitrogens is 2. The van der Waals surface area contributed by atoms with Crippen molar-refractivity contribution in [3.63, 3.8) is 0 Å². The molecule has 0 amide bonds. The summed E-state index contributed by atoms with van der Waals surface area (Å²) < 4.78 is 2.06. The molecule has 3 nitrogen and oxygen atoms in total. The minimum Gasteiger partial charge on any atom is -0.314 e. The molecule has 0 saturated heterocycles. The molecule has 108 valence electrons. The zero-order chi connectivity index (χ0) is 13.8. The van der Waals surface area contributed by atoms with E-state index < -0.39 is 0 Å². The first kappa shape index (κ1) is 14.6. The van der Waals surface area contributed by atoms with Gasteiger partial charge in [-0.15, -0.1) is 0 Å². The fourth-order valence-electron chi connectivity index (χ4n) is 3.35. The molecular formula is C16H29N3. The lowest BCUT2D eigenvalue weighted by Gasteiger charge is -2.25. The van der Waals surface area contributed by atoms with Crippen molar-refractivity contribution < 1.29 is 0 Å². The largest absolute Gasteiger partial charge is 0.314 e. The van der Waals surface area contributed by atoms with Gasteiger partial charge in [-0.05, 0) is 37.8 Å². The van der Waals surface area contributed by atoms with Gasteiger partial charge in [0.2, 0.25) is 0 Å². The summed E-state index contributed by atoms with van der Waals surface area (Å²) in [4.78, 5) is 0. The van der Waals surface area contributed by atoms with Gasteiger partial charge in [-0.25, -0.2) is 0 Å². The van der Waals surface area contributed by atoms with Crippen LogP contribution in [0.15, 0.2) is 6.07 Å². The molecule has 0 aliphatic heterocycles. The van der Waals surface area contributed by atoms with Gasteiger partial charge >= 0.3 is 0 Å². The second-order valence-electron chi connectivity index (χ2n) is 6.47. The fraction of sp³-hybridized carbons (Fsp3) is 0.812. The van der Waals surface area contributed by atoms with Gasteiger partial charge in [-0.2, -0.15) is 5.10 Å². The molecule has 0 spiro atoms. The van der Waals surface area contributed by atoms with E-state index in [1.807, 2.05) is 0 Å². The van der Waals surface area contributed by atoms with Crippen LogP contribution in [0.1, 0.15) is 50.9 Å². The normalized spacial score (nSPS) is 18.4. The minimum absolute atomic E-state index is 0.581. The summed E-state index contributed by atoms with van der Waals surface area (Å²) in [5, 5.41) is 8.12. The van der Waals surface area contributed by atoms with Gasteiger partial charge < -0.3 is 5.32 Å². The number of aryl methyl sites for hydroxylation is 2. The molecule has 19 heavy (non-hydrogen) atoms. The molecule has 1 saturated carbocycles. The van der Waals surface area contributed by atoms with Crippen molar-refractivity contribution in [2.24, 2.45) is 18.9 Å². The third kappa shape index (κ3) is 4.07. The number of rotatable bonds is 6. The molecule has 0 radical (unpaired) electrons. The van der Waals surface area contributed by atoms with Crippen molar-refractivity contribution in [2.75, 3.05) is 6.54 Å². The maximum atomic E-state index is 4.48. The number of nitrogens with zero attached hydrogens (tertiary/aromatic N) is 2. The lowest BCUT2D eigenvalue weighted by Crippen LogP contribution is -2.33. The quantitative estimate of drug-likeness (QED) is 0.855. The van der Waals surface area contributed by atoms with E-state index in [1.165, 1.54) is 37.8 Å². The van der Waals surface area contributed by atoms with Crippen molar-refractivity contribution >= 4 is 0 Å². The van der Waals surface area contributed by atoms with E-state index in [0.717, 1.165) is 24.1 Å². The predicted molar refractivity (Wildman–Crippen MR) is 80.2 cm³/mol. The number of hydrogen-bond acceptors (Lipinski definition) is 2. The molecule has 1 aliphatic rings. The number of nitrogens with one attached hydrogen (secondary N) is 1. The van der Waals surface area contributed by atoms with E-state index in [4.69, 9.17) is 0 Å². The van der Waals surface area contributed by atoms with Crippen molar-refractivity contribution in [1.29, 1.82) is 0 Å². The molecule has 1 unspecified atom stereocenters. The van der Waals surface area contributed by atoms with Crippen molar-refractivity contribution in [3.05, 3.63) is 17.5 Å². The predicted octanol–water partition coefficient (Wildman–Crippen LogP) is 3.08. The Hall–Kier alpha value is -0.830. The van der Waals surface area contributed by atoms with E-state index >= 15 is 0 Å². The molecule has 1 fully saturated rings. The van der Waals surface area contributed by atoms with Gasteiger partial charge in [0.25, 0.3) is 0 Å². The molecule has 0 bridgehead atoms. The van der Waals surface area contributed by atoms with Gasteiger partial charge in [0.05, 0.1) is 5.69 Å². The average Bonchev–Trinajstić information content (AvgIpc) is 2.94. The third-order valence-electron chi connectivity index (χ3n) is 4.43. The summed E-state index contributed by atoms with van der Waals surface area (Å²) in [6.45, 7) is 7.70. The molecule has 3 heteroatoms. The van der Waals surface area contributed by atoms with E-state index in [-0.39, 0.29) is 0 Å². The summed E-state index contributed by atoms with van der Waals surface area (Å²) in [5.41, 5.74) is 2.53. The Morgan fingerprint density at radius 1 is 1.37 bits per heavy atom. The van der Waals surface area contributed by atoms with Gasteiger partial charge in [-0.1, -0.05) is 39.5 Å². The van der Waals surface area contributed by atoms with E-state index in [1.54, 1.807) is 0 Å². The van der Waals surface area contributed by atoms with Crippen molar-refractivity contribution in [3.8, 4) is 0 Å². The zero-order valence-electron chi connectivity index (χ0n) is 12.9. The van der Waals surface area contributed by atoms with E-state index in [2.05, 4.69) is 49.0 Å². The van der Waals surface area contributed by atoms with Crippen LogP contribution >= 0.6 is 0 Å². The average molecular weight is 263 g/mol. The molecule has 1 N–H and O–H groups in total. The summed E-state index contributed by atoms with van der Waals surface area (Å²) in [5.74, 6) is 1.67. The first-order chi connectivity index (χ1) is 9.06. The third-order valence-corrected chi connectivity index (χ3v) is 4.43.